The van der Waals surface area contributed by atoms with Gasteiger partial charge < -0.3 is 10.6 Å². The van der Waals surface area contributed by atoms with E-state index in [9.17, 15) is 4.79 Å². The first-order valence-electron chi connectivity index (χ1n) is 11.0. The van der Waals surface area contributed by atoms with E-state index in [1.807, 2.05) is 6.92 Å². The smallest absolute Gasteiger partial charge is 0.257 e. The zero-order chi connectivity index (χ0) is 20.3. The Morgan fingerprint density at radius 3 is 2.57 bits per heavy atom. The fourth-order valence-electron chi connectivity index (χ4n) is 4.96. The van der Waals surface area contributed by atoms with Crippen LogP contribution in [0.1, 0.15) is 59.8 Å². The van der Waals surface area contributed by atoms with Gasteiger partial charge in [0.2, 0.25) is 0 Å². The second kappa shape index (κ2) is 8.81. The van der Waals surface area contributed by atoms with Gasteiger partial charge in [-0.25, -0.2) is 4.99 Å². The largest absolute Gasteiger partial charge is 0.369 e. The molecule has 156 valence electrons. The molecule has 2 N–H and O–H groups in total. The van der Waals surface area contributed by atoms with Crippen LogP contribution in [-0.4, -0.2) is 53.4 Å². The van der Waals surface area contributed by atoms with Gasteiger partial charge in [0.05, 0.1) is 0 Å². The van der Waals surface area contributed by atoms with E-state index in [-0.39, 0.29) is 5.91 Å². The Morgan fingerprint density at radius 1 is 1.25 bits per heavy atom. The van der Waals surface area contributed by atoms with Crippen LogP contribution in [0.4, 0.5) is 0 Å². The van der Waals surface area contributed by atoms with Crippen LogP contribution in [0.25, 0.3) is 0 Å². The highest BCUT2D eigenvalue weighted by Crippen LogP contribution is 2.30. The highest BCUT2D eigenvalue weighted by Gasteiger charge is 2.44. The number of hydrogen-bond acceptors (Lipinski definition) is 4. The van der Waals surface area contributed by atoms with Gasteiger partial charge in [0.15, 0.2) is 5.96 Å². The number of carbonyl (C=O) groups excluding carboxylic acids is 1. The van der Waals surface area contributed by atoms with Gasteiger partial charge in [-0.2, -0.15) is 0 Å². The number of guanidine groups is 1. The number of carbonyl (C=O) groups is 1. The lowest BCUT2D eigenvalue weighted by Gasteiger charge is -2.35. The van der Waals surface area contributed by atoms with Crippen molar-refractivity contribution >= 4 is 11.9 Å². The third kappa shape index (κ3) is 4.86. The molecule has 5 nitrogen and oxygen atoms in total. The summed E-state index contributed by atoms with van der Waals surface area (Å²) in [6.45, 7) is 12.6. The van der Waals surface area contributed by atoms with Crippen molar-refractivity contribution in [3.63, 3.8) is 0 Å². The standard InChI is InChI=1S/C23H38N4O/c1-17(2)14-23(4)21(28)27(22(24)25-23)16-19-10-12-26(13-11-19)15-18(3)20-8-6-5-7-9-20/h6,8-9,17-19H,5,7,10-16H2,1-4H3,(H2,24,25). The van der Waals surface area contributed by atoms with Crippen molar-refractivity contribution in [2.75, 3.05) is 26.2 Å². The average molecular weight is 387 g/mol. The molecule has 0 radical (unpaired) electrons. The van der Waals surface area contributed by atoms with Gasteiger partial charge >= 0.3 is 0 Å². The first kappa shape index (κ1) is 21.1. The molecule has 5 heteroatoms. The number of likely N-dealkylation sites (tertiary alicyclic amines) is 1. The molecular formula is C23H38N4O. The molecule has 1 aliphatic carbocycles. The SMILES string of the molecule is CC(C)CC1(C)N=C(N)N(CC2CCN(CC(C)C3=CCCC=C3)CC2)C1=O. The molecule has 28 heavy (non-hydrogen) atoms. The molecule has 1 fully saturated rings. The molecule has 0 saturated carbocycles. The van der Waals surface area contributed by atoms with Gasteiger partial charge in [-0.3, -0.25) is 9.69 Å². The van der Waals surface area contributed by atoms with Crippen molar-refractivity contribution < 1.29 is 4.79 Å². The molecule has 2 heterocycles. The summed E-state index contributed by atoms with van der Waals surface area (Å²) < 4.78 is 0. The van der Waals surface area contributed by atoms with Crippen LogP contribution in [0.5, 0.6) is 0 Å². The summed E-state index contributed by atoms with van der Waals surface area (Å²) in [5, 5.41) is 0. The van der Waals surface area contributed by atoms with Crippen molar-refractivity contribution in [1.82, 2.24) is 9.80 Å². The summed E-state index contributed by atoms with van der Waals surface area (Å²) in [4.78, 5) is 21.8. The van der Waals surface area contributed by atoms with Crippen LogP contribution in [0.3, 0.4) is 0 Å². The van der Waals surface area contributed by atoms with E-state index in [1.54, 1.807) is 4.90 Å². The third-order valence-corrected chi connectivity index (χ3v) is 6.42. The van der Waals surface area contributed by atoms with Crippen LogP contribution in [0.15, 0.2) is 28.8 Å². The van der Waals surface area contributed by atoms with E-state index in [4.69, 9.17) is 5.73 Å². The molecule has 2 unspecified atom stereocenters. The molecule has 2 atom stereocenters. The minimum absolute atomic E-state index is 0.0887. The van der Waals surface area contributed by atoms with Crippen LogP contribution in [0, 0.1) is 17.8 Å². The number of piperidine rings is 1. The number of nitrogens with zero attached hydrogens (tertiary/aromatic N) is 3. The maximum absolute atomic E-state index is 12.9. The fraction of sp³-hybridized carbons (Fsp3) is 0.739. The Kier molecular flexibility index (Phi) is 6.64. The summed E-state index contributed by atoms with van der Waals surface area (Å²) in [7, 11) is 0. The van der Waals surface area contributed by atoms with Crippen molar-refractivity contribution in [1.29, 1.82) is 0 Å². The zero-order valence-electron chi connectivity index (χ0n) is 18.2. The topological polar surface area (TPSA) is 61.9 Å². The van der Waals surface area contributed by atoms with Gasteiger partial charge in [0.25, 0.3) is 5.91 Å². The minimum Gasteiger partial charge on any atom is -0.369 e. The second-order valence-corrected chi connectivity index (χ2v) is 9.59. The molecule has 3 aliphatic rings. The lowest BCUT2D eigenvalue weighted by atomic mass is 9.90. The number of rotatable bonds is 7. The van der Waals surface area contributed by atoms with Crippen molar-refractivity contribution in [2.45, 2.75) is 65.3 Å². The fourth-order valence-corrected chi connectivity index (χ4v) is 4.96. The quantitative estimate of drug-likeness (QED) is 0.727. The molecule has 0 aromatic rings. The molecule has 0 aromatic carbocycles. The highest BCUT2D eigenvalue weighted by molar-refractivity contribution is 6.06. The summed E-state index contributed by atoms with van der Waals surface area (Å²) in [5.41, 5.74) is 6.96. The summed E-state index contributed by atoms with van der Waals surface area (Å²) in [5.74, 6) is 2.03. The van der Waals surface area contributed by atoms with Gasteiger partial charge in [0.1, 0.15) is 5.54 Å². The first-order chi connectivity index (χ1) is 13.3. The van der Waals surface area contributed by atoms with Crippen LogP contribution in [0.2, 0.25) is 0 Å². The summed E-state index contributed by atoms with van der Waals surface area (Å²) >= 11 is 0. The Morgan fingerprint density at radius 2 is 1.96 bits per heavy atom. The number of aliphatic imine (C=N–C) groups is 1. The molecule has 2 aliphatic heterocycles. The molecule has 1 saturated heterocycles. The molecule has 0 aromatic heterocycles. The molecule has 3 rings (SSSR count). The van der Waals surface area contributed by atoms with Crippen molar-refractivity contribution in [2.24, 2.45) is 28.5 Å². The van der Waals surface area contributed by atoms with Gasteiger partial charge in [0, 0.05) is 13.1 Å². The lowest BCUT2D eigenvalue weighted by molar-refractivity contribution is -0.131. The Hall–Kier alpha value is -1.62. The molecule has 0 bridgehead atoms. The Balaban J connectivity index is 1.48. The predicted molar refractivity (Wildman–Crippen MR) is 116 cm³/mol. The molecular weight excluding hydrogens is 348 g/mol. The van der Waals surface area contributed by atoms with Crippen molar-refractivity contribution in [3.8, 4) is 0 Å². The number of nitrogens with two attached hydrogens (primary N) is 1. The lowest BCUT2D eigenvalue weighted by Crippen LogP contribution is -2.47. The Bertz CT molecular complexity index is 658. The van der Waals surface area contributed by atoms with Gasteiger partial charge in [-0.15, -0.1) is 0 Å². The predicted octanol–water partition coefficient (Wildman–Crippen LogP) is 3.57. The third-order valence-electron chi connectivity index (χ3n) is 6.42. The van der Waals surface area contributed by atoms with Crippen molar-refractivity contribution in [3.05, 3.63) is 23.8 Å². The van der Waals surface area contributed by atoms with E-state index in [0.717, 1.165) is 45.4 Å². The highest BCUT2D eigenvalue weighted by atomic mass is 16.2. The van der Waals surface area contributed by atoms with E-state index in [1.165, 1.54) is 18.4 Å². The monoisotopic (exact) mass is 386 g/mol. The summed E-state index contributed by atoms with van der Waals surface area (Å²) in [6.07, 6.45) is 12.4. The maximum atomic E-state index is 12.9. The van der Waals surface area contributed by atoms with Gasteiger partial charge in [-0.05, 0) is 75.4 Å². The maximum Gasteiger partial charge on any atom is 0.257 e. The zero-order valence-corrected chi connectivity index (χ0v) is 18.2. The van der Waals surface area contributed by atoms with E-state index >= 15 is 0 Å². The van der Waals surface area contributed by atoms with Crippen LogP contribution >= 0.6 is 0 Å². The van der Waals surface area contributed by atoms with Gasteiger partial charge in [-0.1, -0.05) is 39.0 Å². The average Bonchev–Trinajstić information content (AvgIpc) is 2.86. The normalized spacial score (nSPS) is 28.0. The van der Waals surface area contributed by atoms with Crippen LogP contribution in [-0.2, 0) is 4.79 Å². The molecule has 0 spiro atoms. The van der Waals surface area contributed by atoms with E-state index in [2.05, 4.69) is 48.9 Å². The van der Waals surface area contributed by atoms with Crippen LogP contribution < -0.4 is 5.73 Å². The van der Waals surface area contributed by atoms with E-state index in [0.29, 0.717) is 23.7 Å². The molecule has 1 amide bonds. The minimum atomic E-state index is -0.671. The number of hydrogen-bond donors (Lipinski definition) is 1. The summed E-state index contributed by atoms with van der Waals surface area (Å²) in [6, 6.07) is 0. The first-order valence-corrected chi connectivity index (χ1v) is 11.0. The Labute approximate surface area is 170 Å². The number of allylic oxidation sites excluding steroid dienone is 3. The van der Waals surface area contributed by atoms with E-state index < -0.39 is 5.54 Å². The number of amides is 1. The second-order valence-electron chi connectivity index (χ2n) is 9.59.